The molecule has 0 atom stereocenters. The monoisotopic (exact) mass is 598 g/mol. The molecule has 1 aliphatic rings. The van der Waals surface area contributed by atoms with Crippen molar-refractivity contribution in [2.45, 2.75) is 25.0 Å². The number of benzene rings is 1. The Kier molecular flexibility index (Phi) is 7.55. The Hall–Kier alpha value is -3.72. The standard InChI is InChI=1S/C27H30N6O6S2/c1-32(2)13-23(34)30-27(5-7-37-8-6-27)24-29-16(15-40-24)14-38-20-9-17(35-3)10-21-18(20)11-22(39-21)19-12-28-25-33(19)31-26(36-4)41-25/h9-12,15H,5-8,13-14H2,1-4H3,(H,30,34). The number of furan rings is 1. The van der Waals surface area contributed by atoms with Crippen molar-refractivity contribution in [2.75, 3.05) is 48.1 Å². The Morgan fingerprint density at radius 3 is 2.78 bits per heavy atom. The third kappa shape index (κ3) is 5.47. The Bertz CT molecular complexity index is 1680. The zero-order chi connectivity index (χ0) is 28.6. The van der Waals surface area contributed by atoms with Gasteiger partial charge < -0.3 is 33.6 Å². The molecule has 41 heavy (non-hydrogen) atoms. The molecule has 0 aliphatic carbocycles. The third-order valence-electron chi connectivity index (χ3n) is 6.82. The van der Waals surface area contributed by atoms with Crippen molar-refractivity contribution in [3.05, 3.63) is 40.5 Å². The highest BCUT2D eigenvalue weighted by Crippen LogP contribution is 2.39. The number of hydrogen-bond donors (Lipinski definition) is 1. The highest BCUT2D eigenvalue weighted by atomic mass is 32.1. The van der Waals surface area contributed by atoms with E-state index < -0.39 is 5.54 Å². The first-order valence-corrected chi connectivity index (χ1v) is 14.7. The zero-order valence-corrected chi connectivity index (χ0v) is 24.8. The lowest BCUT2D eigenvalue weighted by molar-refractivity contribution is -0.125. The summed E-state index contributed by atoms with van der Waals surface area (Å²) in [6.45, 7) is 1.67. The topological polar surface area (TPSA) is 125 Å². The molecule has 1 aliphatic heterocycles. The zero-order valence-electron chi connectivity index (χ0n) is 23.1. The van der Waals surface area contributed by atoms with E-state index in [1.165, 1.54) is 22.7 Å². The van der Waals surface area contributed by atoms with Gasteiger partial charge in [-0.3, -0.25) is 4.79 Å². The quantitative estimate of drug-likeness (QED) is 0.253. The Balaban J connectivity index is 1.26. The van der Waals surface area contributed by atoms with Crippen LogP contribution in [-0.2, 0) is 21.7 Å². The Labute approximate surface area is 243 Å². The predicted molar refractivity (Wildman–Crippen MR) is 154 cm³/mol. The summed E-state index contributed by atoms with van der Waals surface area (Å²) in [5, 5.41) is 11.8. The van der Waals surface area contributed by atoms with E-state index in [-0.39, 0.29) is 12.5 Å². The lowest BCUT2D eigenvalue weighted by Crippen LogP contribution is -2.51. The average Bonchev–Trinajstić information content (AvgIpc) is 3.74. The van der Waals surface area contributed by atoms with Gasteiger partial charge in [0.15, 0.2) is 5.76 Å². The van der Waals surface area contributed by atoms with Crippen molar-refractivity contribution in [3.8, 4) is 28.1 Å². The molecule has 1 aromatic carbocycles. The van der Waals surface area contributed by atoms with Gasteiger partial charge >= 0.3 is 0 Å². The smallest absolute Gasteiger partial charge is 0.294 e. The number of amides is 1. The van der Waals surface area contributed by atoms with Gasteiger partial charge in [0.25, 0.3) is 5.19 Å². The number of likely N-dealkylation sites (N-methyl/N-ethyl adjacent to an activating group) is 1. The molecule has 5 heterocycles. The van der Waals surface area contributed by atoms with E-state index in [1.54, 1.807) is 24.9 Å². The number of fused-ring (bicyclic) bond motifs is 2. The summed E-state index contributed by atoms with van der Waals surface area (Å²) in [6.07, 6.45) is 3.05. The van der Waals surface area contributed by atoms with Gasteiger partial charge in [0.2, 0.25) is 10.9 Å². The van der Waals surface area contributed by atoms with Crippen LogP contribution < -0.4 is 19.5 Å². The number of thiazole rings is 1. The number of methoxy groups -OCH3 is 2. The predicted octanol–water partition coefficient (Wildman–Crippen LogP) is 3.94. The first-order chi connectivity index (χ1) is 19.9. The van der Waals surface area contributed by atoms with E-state index in [2.05, 4.69) is 15.4 Å². The van der Waals surface area contributed by atoms with E-state index in [0.717, 1.165) is 16.1 Å². The molecule has 6 rings (SSSR count). The molecule has 5 aromatic rings. The molecule has 0 saturated carbocycles. The lowest BCUT2D eigenvalue weighted by Gasteiger charge is -2.36. The van der Waals surface area contributed by atoms with E-state index >= 15 is 0 Å². The molecule has 1 fully saturated rings. The van der Waals surface area contributed by atoms with Crippen LogP contribution in [0.3, 0.4) is 0 Å². The van der Waals surface area contributed by atoms with Crippen molar-refractivity contribution < 1.29 is 28.2 Å². The van der Waals surface area contributed by atoms with Crippen LogP contribution in [0.15, 0.2) is 34.2 Å². The van der Waals surface area contributed by atoms with E-state index in [1.807, 2.05) is 42.6 Å². The van der Waals surface area contributed by atoms with Crippen LogP contribution in [0.5, 0.6) is 16.7 Å². The summed E-state index contributed by atoms with van der Waals surface area (Å²) in [4.78, 5) is 24.6. The minimum absolute atomic E-state index is 0.0361. The van der Waals surface area contributed by atoms with Crippen molar-refractivity contribution in [1.29, 1.82) is 0 Å². The normalized spacial score (nSPS) is 15.0. The number of hydrogen-bond acceptors (Lipinski definition) is 12. The van der Waals surface area contributed by atoms with E-state index in [9.17, 15) is 4.79 Å². The average molecular weight is 599 g/mol. The molecule has 0 unspecified atom stereocenters. The molecule has 0 spiro atoms. The molecule has 216 valence electrons. The Morgan fingerprint density at radius 2 is 2.02 bits per heavy atom. The van der Waals surface area contributed by atoms with Gasteiger partial charge in [-0.25, -0.2) is 9.97 Å². The van der Waals surface area contributed by atoms with E-state index in [4.69, 9.17) is 28.3 Å². The fourth-order valence-corrected chi connectivity index (χ4v) is 6.53. The number of imidazole rings is 1. The molecule has 0 bridgehead atoms. The lowest BCUT2D eigenvalue weighted by atomic mass is 9.90. The van der Waals surface area contributed by atoms with Crippen LogP contribution in [0.1, 0.15) is 23.5 Å². The number of ether oxygens (including phenoxy) is 4. The van der Waals surface area contributed by atoms with Crippen molar-refractivity contribution in [2.24, 2.45) is 0 Å². The second-order valence-corrected chi connectivity index (χ2v) is 11.7. The number of aromatic nitrogens is 4. The number of nitrogens with one attached hydrogen (secondary N) is 1. The highest BCUT2D eigenvalue weighted by molar-refractivity contribution is 7.18. The van der Waals surface area contributed by atoms with Crippen LogP contribution in [0.4, 0.5) is 0 Å². The maximum atomic E-state index is 12.7. The van der Waals surface area contributed by atoms with Crippen LogP contribution in [0.25, 0.3) is 27.4 Å². The first-order valence-electron chi connectivity index (χ1n) is 13.0. The molecule has 1 N–H and O–H groups in total. The van der Waals surface area contributed by atoms with Crippen LogP contribution >= 0.6 is 22.7 Å². The number of carbonyl (C=O) groups excluding carboxylic acids is 1. The first kappa shape index (κ1) is 27.4. The van der Waals surface area contributed by atoms with Crippen LogP contribution in [0, 0.1) is 0 Å². The van der Waals surface area contributed by atoms with E-state index in [0.29, 0.717) is 71.3 Å². The molecule has 1 saturated heterocycles. The Morgan fingerprint density at radius 1 is 1.20 bits per heavy atom. The van der Waals surface area contributed by atoms with Crippen molar-refractivity contribution >= 4 is 44.5 Å². The summed E-state index contributed by atoms with van der Waals surface area (Å²) in [7, 11) is 6.92. The van der Waals surface area contributed by atoms with Crippen LogP contribution in [0.2, 0.25) is 0 Å². The van der Waals surface area contributed by atoms with Gasteiger partial charge in [0.1, 0.15) is 34.4 Å². The van der Waals surface area contributed by atoms with Gasteiger partial charge in [0, 0.05) is 43.6 Å². The van der Waals surface area contributed by atoms with Crippen molar-refractivity contribution in [3.63, 3.8) is 0 Å². The molecule has 1 amide bonds. The number of carbonyl (C=O) groups is 1. The summed E-state index contributed by atoms with van der Waals surface area (Å²) in [5.74, 6) is 1.75. The van der Waals surface area contributed by atoms with Gasteiger partial charge in [-0.05, 0) is 31.5 Å². The third-order valence-corrected chi connectivity index (χ3v) is 8.80. The van der Waals surface area contributed by atoms with Gasteiger partial charge in [0.05, 0.1) is 43.6 Å². The fourth-order valence-electron chi connectivity index (χ4n) is 4.82. The maximum Gasteiger partial charge on any atom is 0.294 e. The minimum Gasteiger partial charge on any atom is -0.496 e. The number of rotatable bonds is 10. The summed E-state index contributed by atoms with van der Waals surface area (Å²) < 4.78 is 30.5. The van der Waals surface area contributed by atoms with Gasteiger partial charge in [-0.15, -0.1) is 16.4 Å². The fraction of sp³-hybridized carbons (Fsp3) is 0.407. The molecular weight excluding hydrogens is 568 g/mol. The second kappa shape index (κ2) is 11.3. The van der Waals surface area contributed by atoms with Crippen molar-refractivity contribution in [1.82, 2.24) is 29.8 Å². The molecule has 14 heteroatoms. The summed E-state index contributed by atoms with van der Waals surface area (Å²) in [6, 6.07) is 5.55. The second-order valence-electron chi connectivity index (χ2n) is 9.97. The SMILES string of the molecule is COc1cc(OCc2csc(C3(NC(=O)CN(C)C)CCOCC3)n2)c2cc(-c3cnc4sc(OC)nn34)oc2c1. The largest absolute Gasteiger partial charge is 0.496 e. The molecule has 4 aromatic heterocycles. The summed E-state index contributed by atoms with van der Waals surface area (Å²) in [5.41, 5.74) is 1.52. The maximum absolute atomic E-state index is 12.7. The van der Waals surface area contributed by atoms with Gasteiger partial charge in [-0.1, -0.05) is 0 Å². The number of nitrogens with zero attached hydrogens (tertiary/aromatic N) is 5. The highest BCUT2D eigenvalue weighted by Gasteiger charge is 2.38. The molecule has 0 radical (unpaired) electrons. The molecular formula is C27H30N6O6S2. The minimum atomic E-state index is -0.550. The summed E-state index contributed by atoms with van der Waals surface area (Å²) >= 11 is 2.87. The van der Waals surface area contributed by atoms with Crippen LogP contribution in [-0.4, -0.2) is 78.5 Å². The van der Waals surface area contributed by atoms with Gasteiger partial charge in [-0.2, -0.15) is 4.52 Å². The molecule has 12 nitrogen and oxygen atoms in total.